The van der Waals surface area contributed by atoms with Crippen LogP contribution in [0.1, 0.15) is 23.3 Å². The zero-order valence-electron chi connectivity index (χ0n) is 12.6. The minimum atomic E-state index is 0.118. The van der Waals surface area contributed by atoms with Crippen LogP contribution in [-0.2, 0) is 16.0 Å². The molecule has 0 spiro atoms. The number of rotatable bonds is 4. The van der Waals surface area contributed by atoms with Gasteiger partial charge >= 0.3 is 0 Å². The lowest BCUT2D eigenvalue weighted by Crippen LogP contribution is -2.37. The third-order valence-electron chi connectivity index (χ3n) is 4.39. The number of aromatic nitrogens is 2. The number of morpholine rings is 1. The van der Waals surface area contributed by atoms with Crippen LogP contribution >= 0.6 is 0 Å². The Morgan fingerprint density at radius 1 is 1.18 bits per heavy atom. The molecule has 2 fully saturated rings. The SMILES string of the molecule is c1ccc(CN2CCOC(c3cnn(C4COC4)c3)C2)cc1. The van der Waals surface area contributed by atoms with Crippen molar-refractivity contribution in [2.75, 3.05) is 32.9 Å². The van der Waals surface area contributed by atoms with Crippen LogP contribution in [-0.4, -0.2) is 47.6 Å². The number of nitrogens with zero attached hydrogens (tertiary/aromatic N) is 3. The quantitative estimate of drug-likeness (QED) is 0.866. The van der Waals surface area contributed by atoms with Crippen LogP contribution in [0.5, 0.6) is 0 Å². The second kappa shape index (κ2) is 6.20. The van der Waals surface area contributed by atoms with Gasteiger partial charge in [0.2, 0.25) is 0 Å². The summed E-state index contributed by atoms with van der Waals surface area (Å²) in [5, 5.41) is 4.46. The summed E-state index contributed by atoms with van der Waals surface area (Å²) in [6.07, 6.45) is 4.17. The van der Waals surface area contributed by atoms with Crippen LogP contribution in [0.2, 0.25) is 0 Å². The molecule has 5 heteroatoms. The van der Waals surface area contributed by atoms with Gasteiger partial charge in [-0.25, -0.2) is 0 Å². The van der Waals surface area contributed by atoms with Gasteiger partial charge in [0.05, 0.1) is 38.2 Å². The summed E-state index contributed by atoms with van der Waals surface area (Å²) in [6.45, 7) is 5.19. The molecule has 5 nitrogen and oxygen atoms in total. The Morgan fingerprint density at radius 2 is 2.05 bits per heavy atom. The molecule has 3 heterocycles. The maximum absolute atomic E-state index is 5.95. The molecule has 1 unspecified atom stereocenters. The van der Waals surface area contributed by atoms with Gasteiger partial charge in [-0.3, -0.25) is 9.58 Å². The van der Waals surface area contributed by atoms with E-state index in [4.69, 9.17) is 9.47 Å². The molecule has 0 N–H and O–H groups in total. The van der Waals surface area contributed by atoms with E-state index in [-0.39, 0.29) is 6.10 Å². The standard InChI is InChI=1S/C17H21N3O2/c1-2-4-14(5-3-1)9-19-6-7-22-17(11-19)15-8-18-20(10-15)16-12-21-13-16/h1-5,8,10,16-17H,6-7,9,11-13H2. The average Bonchev–Trinajstić information content (AvgIpc) is 2.96. The summed E-state index contributed by atoms with van der Waals surface area (Å²) in [5.74, 6) is 0. The molecule has 22 heavy (non-hydrogen) atoms. The van der Waals surface area contributed by atoms with Gasteiger partial charge in [-0.2, -0.15) is 5.10 Å². The van der Waals surface area contributed by atoms with Crippen molar-refractivity contribution in [1.82, 2.24) is 14.7 Å². The van der Waals surface area contributed by atoms with E-state index in [1.807, 2.05) is 10.9 Å². The van der Waals surface area contributed by atoms with Crippen LogP contribution in [0.3, 0.4) is 0 Å². The Morgan fingerprint density at radius 3 is 2.82 bits per heavy atom. The molecule has 0 saturated carbocycles. The van der Waals surface area contributed by atoms with E-state index >= 15 is 0 Å². The van der Waals surface area contributed by atoms with E-state index in [1.165, 1.54) is 11.1 Å². The molecule has 116 valence electrons. The second-order valence-electron chi connectivity index (χ2n) is 6.03. The molecule has 2 aliphatic rings. The van der Waals surface area contributed by atoms with Crippen molar-refractivity contribution < 1.29 is 9.47 Å². The first kappa shape index (κ1) is 13.9. The lowest BCUT2D eigenvalue weighted by molar-refractivity contribution is -0.0348. The van der Waals surface area contributed by atoms with Crippen LogP contribution < -0.4 is 0 Å². The van der Waals surface area contributed by atoms with Crippen LogP contribution in [0.4, 0.5) is 0 Å². The van der Waals surface area contributed by atoms with Gasteiger partial charge < -0.3 is 9.47 Å². The van der Waals surface area contributed by atoms with Crippen molar-refractivity contribution in [3.05, 3.63) is 53.9 Å². The fraction of sp³-hybridized carbons (Fsp3) is 0.471. The van der Waals surface area contributed by atoms with Crippen molar-refractivity contribution in [2.45, 2.75) is 18.7 Å². The van der Waals surface area contributed by atoms with E-state index in [0.717, 1.165) is 39.5 Å². The highest BCUT2D eigenvalue weighted by Gasteiger charge is 2.26. The molecule has 1 aromatic heterocycles. The molecular formula is C17H21N3O2. The molecule has 2 aromatic rings. The summed E-state index contributed by atoms with van der Waals surface area (Å²) in [6, 6.07) is 11.0. The number of hydrogen-bond acceptors (Lipinski definition) is 4. The van der Waals surface area contributed by atoms with Crippen LogP contribution in [0, 0.1) is 0 Å². The Balaban J connectivity index is 1.41. The summed E-state index contributed by atoms with van der Waals surface area (Å²) >= 11 is 0. The largest absolute Gasteiger partial charge is 0.377 e. The van der Waals surface area contributed by atoms with Crippen molar-refractivity contribution >= 4 is 0 Å². The summed E-state index contributed by atoms with van der Waals surface area (Å²) in [4.78, 5) is 2.45. The Hall–Kier alpha value is -1.69. The molecule has 0 bridgehead atoms. The van der Waals surface area contributed by atoms with E-state index in [0.29, 0.717) is 6.04 Å². The van der Waals surface area contributed by atoms with Crippen molar-refractivity contribution in [3.8, 4) is 0 Å². The summed E-state index contributed by atoms with van der Waals surface area (Å²) in [5.41, 5.74) is 2.52. The Labute approximate surface area is 130 Å². The number of ether oxygens (including phenoxy) is 2. The minimum absolute atomic E-state index is 0.118. The minimum Gasteiger partial charge on any atom is -0.377 e. The van der Waals surface area contributed by atoms with E-state index < -0.39 is 0 Å². The van der Waals surface area contributed by atoms with Crippen LogP contribution in [0.15, 0.2) is 42.7 Å². The molecule has 0 amide bonds. The fourth-order valence-corrected chi connectivity index (χ4v) is 2.98. The lowest BCUT2D eigenvalue weighted by Gasteiger charge is -2.32. The van der Waals surface area contributed by atoms with E-state index in [2.05, 4.69) is 46.5 Å². The zero-order chi connectivity index (χ0) is 14.8. The molecule has 1 atom stereocenters. The molecule has 2 saturated heterocycles. The van der Waals surface area contributed by atoms with Gasteiger partial charge in [-0.05, 0) is 5.56 Å². The van der Waals surface area contributed by atoms with Gasteiger partial charge in [-0.1, -0.05) is 30.3 Å². The average molecular weight is 299 g/mol. The number of hydrogen-bond donors (Lipinski definition) is 0. The van der Waals surface area contributed by atoms with Crippen molar-refractivity contribution in [1.29, 1.82) is 0 Å². The zero-order valence-corrected chi connectivity index (χ0v) is 12.6. The van der Waals surface area contributed by atoms with Gasteiger partial charge in [-0.15, -0.1) is 0 Å². The first-order chi connectivity index (χ1) is 10.9. The second-order valence-corrected chi connectivity index (χ2v) is 6.03. The highest BCUT2D eigenvalue weighted by molar-refractivity contribution is 5.15. The first-order valence-electron chi connectivity index (χ1n) is 7.88. The maximum Gasteiger partial charge on any atom is 0.0985 e. The van der Waals surface area contributed by atoms with Gasteiger partial charge in [0.1, 0.15) is 0 Å². The first-order valence-corrected chi connectivity index (χ1v) is 7.88. The predicted molar refractivity (Wildman–Crippen MR) is 82.5 cm³/mol. The summed E-state index contributed by atoms with van der Waals surface area (Å²) < 4.78 is 13.2. The maximum atomic E-state index is 5.95. The molecule has 2 aliphatic heterocycles. The highest BCUT2D eigenvalue weighted by atomic mass is 16.5. The normalized spacial score (nSPS) is 23.4. The third-order valence-corrected chi connectivity index (χ3v) is 4.39. The van der Waals surface area contributed by atoms with Gasteiger partial charge in [0.25, 0.3) is 0 Å². The topological polar surface area (TPSA) is 39.5 Å². The molecule has 0 radical (unpaired) electrons. The molecule has 0 aliphatic carbocycles. The Kier molecular flexibility index (Phi) is 3.93. The highest BCUT2D eigenvalue weighted by Crippen LogP contribution is 2.25. The monoisotopic (exact) mass is 299 g/mol. The third kappa shape index (κ3) is 2.92. The number of benzene rings is 1. The van der Waals surface area contributed by atoms with Crippen molar-refractivity contribution in [2.24, 2.45) is 0 Å². The smallest absolute Gasteiger partial charge is 0.0985 e. The van der Waals surface area contributed by atoms with Gasteiger partial charge in [0, 0.05) is 31.4 Å². The predicted octanol–water partition coefficient (Wildman–Crippen LogP) is 2.03. The molecule has 1 aromatic carbocycles. The summed E-state index contributed by atoms with van der Waals surface area (Å²) in [7, 11) is 0. The lowest BCUT2D eigenvalue weighted by atomic mass is 10.1. The molecular weight excluding hydrogens is 278 g/mol. The van der Waals surface area contributed by atoms with Crippen LogP contribution in [0.25, 0.3) is 0 Å². The van der Waals surface area contributed by atoms with Gasteiger partial charge in [0.15, 0.2) is 0 Å². The molecule has 4 rings (SSSR count). The Bertz CT molecular complexity index is 609. The fourth-order valence-electron chi connectivity index (χ4n) is 2.98. The van der Waals surface area contributed by atoms with E-state index in [9.17, 15) is 0 Å². The van der Waals surface area contributed by atoms with E-state index in [1.54, 1.807) is 0 Å². The van der Waals surface area contributed by atoms with Crippen molar-refractivity contribution in [3.63, 3.8) is 0 Å².